The molecule has 0 spiro atoms. The van der Waals surface area contributed by atoms with Gasteiger partial charge in [-0.1, -0.05) is 17.7 Å². The predicted octanol–water partition coefficient (Wildman–Crippen LogP) is 2.08. The van der Waals surface area contributed by atoms with Crippen LogP contribution in [0.4, 0.5) is 5.69 Å². The summed E-state index contributed by atoms with van der Waals surface area (Å²) in [6.45, 7) is 3.63. The van der Waals surface area contributed by atoms with Crippen LogP contribution in [0.1, 0.15) is 42.1 Å². The van der Waals surface area contributed by atoms with Crippen LogP contribution in [0.2, 0.25) is 0 Å². The Morgan fingerprint density at radius 1 is 1.11 bits per heavy atom. The van der Waals surface area contributed by atoms with Crippen LogP contribution in [0.25, 0.3) is 0 Å². The second-order valence-corrected chi connectivity index (χ2v) is 7.95. The fraction of sp³-hybridized carbons (Fsp3) is 0.476. The Morgan fingerprint density at radius 2 is 1.82 bits per heavy atom. The number of nitrogens with zero attached hydrogens (tertiary/aromatic N) is 1. The number of carbonyl (C=O) groups excluding carboxylic acids is 2. The fourth-order valence-electron chi connectivity index (χ4n) is 3.61. The molecule has 2 amide bonds. The van der Waals surface area contributed by atoms with Crippen LogP contribution in [-0.2, 0) is 16.1 Å². The Bertz CT molecular complexity index is 841. The molecule has 1 aliphatic heterocycles. The minimum Gasteiger partial charge on any atom is -0.350 e. The fourth-order valence-corrected chi connectivity index (χ4v) is 3.61. The number of anilines is 1. The lowest BCUT2D eigenvalue weighted by atomic mass is 9.89. The standard InChI is InChI=1S/C21H27N5O2/c1-13-2-6-17(7-3-13)24-21(28)16-8-15(10-22-11-16)20(27)23-12-18-9-19(26-25-18)14-4-5-14/h2-3,6-7,9,14-16,22H,4-5,8,10-12H2,1H3,(H,23,27)(H,24,28)(H,25,26)/t15-,16+/m1/s1. The van der Waals surface area contributed by atoms with Gasteiger partial charge in [-0.05, 0) is 44.4 Å². The Kier molecular flexibility index (Phi) is 5.43. The molecule has 2 aromatic rings. The molecular weight excluding hydrogens is 354 g/mol. The van der Waals surface area contributed by atoms with Gasteiger partial charge in [-0.15, -0.1) is 0 Å². The van der Waals surface area contributed by atoms with Gasteiger partial charge in [-0.25, -0.2) is 0 Å². The largest absolute Gasteiger partial charge is 0.350 e. The van der Waals surface area contributed by atoms with E-state index in [1.54, 1.807) is 0 Å². The lowest BCUT2D eigenvalue weighted by Gasteiger charge is -2.28. The van der Waals surface area contributed by atoms with Crippen molar-refractivity contribution in [1.82, 2.24) is 20.8 Å². The molecule has 4 N–H and O–H groups in total. The molecule has 2 atom stereocenters. The highest BCUT2D eigenvalue weighted by Gasteiger charge is 2.31. The van der Waals surface area contributed by atoms with Gasteiger partial charge in [0.25, 0.3) is 0 Å². The molecule has 2 fully saturated rings. The van der Waals surface area contributed by atoms with E-state index in [-0.39, 0.29) is 23.7 Å². The molecule has 1 aromatic carbocycles. The van der Waals surface area contributed by atoms with Crippen molar-refractivity contribution in [3.8, 4) is 0 Å². The van der Waals surface area contributed by atoms with Crippen molar-refractivity contribution in [2.24, 2.45) is 11.8 Å². The van der Waals surface area contributed by atoms with E-state index in [0.717, 1.165) is 22.6 Å². The number of rotatable bonds is 6. The molecule has 1 saturated carbocycles. The van der Waals surface area contributed by atoms with Gasteiger partial charge >= 0.3 is 0 Å². The monoisotopic (exact) mass is 381 g/mol. The lowest BCUT2D eigenvalue weighted by Crippen LogP contribution is -2.47. The zero-order valence-electron chi connectivity index (χ0n) is 16.1. The maximum absolute atomic E-state index is 12.6. The number of piperidine rings is 1. The summed E-state index contributed by atoms with van der Waals surface area (Å²) in [5.74, 6) is 0.0863. The molecule has 1 aliphatic carbocycles. The number of amides is 2. The van der Waals surface area contributed by atoms with Gasteiger partial charge in [0.1, 0.15) is 0 Å². The quantitative estimate of drug-likeness (QED) is 0.616. The number of nitrogens with one attached hydrogen (secondary N) is 4. The lowest BCUT2D eigenvalue weighted by molar-refractivity contribution is -0.127. The van der Waals surface area contributed by atoms with Crippen molar-refractivity contribution >= 4 is 17.5 Å². The van der Waals surface area contributed by atoms with Crippen LogP contribution in [0.5, 0.6) is 0 Å². The molecule has 28 heavy (non-hydrogen) atoms. The molecular formula is C21H27N5O2. The molecule has 1 saturated heterocycles. The van der Waals surface area contributed by atoms with Crippen molar-refractivity contribution in [3.63, 3.8) is 0 Å². The van der Waals surface area contributed by atoms with Gasteiger partial charge < -0.3 is 16.0 Å². The average molecular weight is 381 g/mol. The SMILES string of the molecule is Cc1ccc(NC(=O)[C@@H]2CNC[C@H](C(=O)NCc3cc(C4CC4)n[nH]3)C2)cc1. The number of hydrogen-bond acceptors (Lipinski definition) is 4. The van der Waals surface area contributed by atoms with E-state index in [0.29, 0.717) is 32.0 Å². The molecule has 148 valence electrons. The van der Waals surface area contributed by atoms with Gasteiger partial charge in [-0.2, -0.15) is 5.10 Å². The van der Waals surface area contributed by atoms with Crippen molar-refractivity contribution in [1.29, 1.82) is 0 Å². The van der Waals surface area contributed by atoms with Crippen LogP contribution >= 0.6 is 0 Å². The zero-order valence-corrected chi connectivity index (χ0v) is 16.1. The second-order valence-electron chi connectivity index (χ2n) is 7.95. The summed E-state index contributed by atoms with van der Waals surface area (Å²) >= 11 is 0. The summed E-state index contributed by atoms with van der Waals surface area (Å²) in [4.78, 5) is 25.1. The maximum Gasteiger partial charge on any atom is 0.228 e. The second kappa shape index (κ2) is 8.14. The normalized spacial score (nSPS) is 21.9. The first-order valence-corrected chi connectivity index (χ1v) is 9.98. The van der Waals surface area contributed by atoms with Crippen molar-refractivity contribution in [2.75, 3.05) is 18.4 Å². The van der Waals surface area contributed by atoms with Crippen LogP contribution < -0.4 is 16.0 Å². The number of aryl methyl sites for hydroxylation is 1. The number of H-pyrrole nitrogens is 1. The van der Waals surface area contributed by atoms with Gasteiger partial charge in [0.2, 0.25) is 11.8 Å². The first kappa shape index (κ1) is 18.7. The first-order chi connectivity index (χ1) is 13.6. The Hall–Kier alpha value is -2.67. The van der Waals surface area contributed by atoms with Crippen LogP contribution in [-0.4, -0.2) is 35.1 Å². The van der Waals surface area contributed by atoms with E-state index in [4.69, 9.17) is 0 Å². The molecule has 1 aromatic heterocycles. The highest BCUT2D eigenvalue weighted by molar-refractivity contribution is 5.93. The van der Waals surface area contributed by atoms with Gasteiger partial charge in [0, 0.05) is 24.7 Å². The summed E-state index contributed by atoms with van der Waals surface area (Å²) in [5, 5.41) is 16.5. The van der Waals surface area contributed by atoms with E-state index in [1.165, 1.54) is 12.8 Å². The topological polar surface area (TPSA) is 98.9 Å². The van der Waals surface area contributed by atoms with Crippen LogP contribution in [0, 0.1) is 18.8 Å². The summed E-state index contributed by atoms with van der Waals surface area (Å²) in [5.41, 5.74) is 3.95. The smallest absolute Gasteiger partial charge is 0.228 e. The molecule has 0 unspecified atom stereocenters. The number of carbonyl (C=O) groups is 2. The molecule has 4 rings (SSSR count). The van der Waals surface area contributed by atoms with Crippen molar-refractivity contribution in [2.45, 2.75) is 38.6 Å². The van der Waals surface area contributed by atoms with Gasteiger partial charge in [-0.3, -0.25) is 14.7 Å². The zero-order chi connectivity index (χ0) is 19.5. The van der Waals surface area contributed by atoms with E-state index >= 15 is 0 Å². The van der Waals surface area contributed by atoms with E-state index in [2.05, 4.69) is 26.1 Å². The van der Waals surface area contributed by atoms with Crippen LogP contribution in [0.15, 0.2) is 30.3 Å². The number of aromatic amines is 1. The third-order valence-corrected chi connectivity index (χ3v) is 5.51. The summed E-state index contributed by atoms with van der Waals surface area (Å²) < 4.78 is 0. The summed E-state index contributed by atoms with van der Waals surface area (Å²) in [7, 11) is 0. The van der Waals surface area contributed by atoms with Crippen LogP contribution in [0.3, 0.4) is 0 Å². The Labute approximate surface area is 164 Å². The summed E-state index contributed by atoms with van der Waals surface area (Å²) in [6.07, 6.45) is 2.96. The number of hydrogen-bond donors (Lipinski definition) is 4. The minimum absolute atomic E-state index is 0.0251. The van der Waals surface area contributed by atoms with Crippen molar-refractivity contribution < 1.29 is 9.59 Å². The maximum atomic E-state index is 12.6. The van der Waals surface area contributed by atoms with Gasteiger partial charge in [0.05, 0.1) is 29.8 Å². The highest BCUT2D eigenvalue weighted by atomic mass is 16.2. The highest BCUT2D eigenvalue weighted by Crippen LogP contribution is 2.38. The summed E-state index contributed by atoms with van der Waals surface area (Å²) in [6, 6.07) is 9.76. The molecule has 2 heterocycles. The molecule has 7 nitrogen and oxygen atoms in total. The first-order valence-electron chi connectivity index (χ1n) is 9.98. The Morgan fingerprint density at radius 3 is 2.54 bits per heavy atom. The predicted molar refractivity (Wildman–Crippen MR) is 107 cm³/mol. The van der Waals surface area contributed by atoms with E-state index in [1.807, 2.05) is 37.3 Å². The van der Waals surface area contributed by atoms with Crippen molar-refractivity contribution in [3.05, 3.63) is 47.3 Å². The van der Waals surface area contributed by atoms with Gasteiger partial charge in [0.15, 0.2) is 0 Å². The van der Waals surface area contributed by atoms with E-state index < -0.39 is 0 Å². The molecule has 0 radical (unpaired) electrons. The number of aromatic nitrogens is 2. The third-order valence-electron chi connectivity index (χ3n) is 5.51. The average Bonchev–Trinajstić information content (AvgIpc) is 3.46. The number of benzene rings is 1. The molecule has 2 aliphatic rings. The third kappa shape index (κ3) is 4.59. The minimum atomic E-state index is -0.223. The Balaban J connectivity index is 1.27. The van der Waals surface area contributed by atoms with E-state index in [9.17, 15) is 9.59 Å². The molecule has 0 bridgehead atoms. The molecule has 7 heteroatoms.